The number of rotatable bonds is 3. The van der Waals surface area contributed by atoms with Crippen molar-refractivity contribution >= 4 is 33.2 Å². The summed E-state index contributed by atoms with van der Waals surface area (Å²) in [7, 11) is 0. The third kappa shape index (κ3) is 3.50. The summed E-state index contributed by atoms with van der Waals surface area (Å²) in [6.07, 6.45) is 0. The quantitative estimate of drug-likeness (QED) is 0.848. The number of halogens is 2. The molecule has 0 saturated heterocycles. The summed E-state index contributed by atoms with van der Waals surface area (Å²) in [5, 5.41) is 13.2. The number of anilines is 1. The van der Waals surface area contributed by atoms with E-state index < -0.39 is 6.04 Å². The molecule has 2 rings (SSSR count). The maximum atomic E-state index is 9.33. The van der Waals surface area contributed by atoms with Crippen LogP contribution in [0.1, 0.15) is 17.2 Å². The number of nitrogens with zero attached hydrogens (tertiary/aromatic N) is 1. The van der Waals surface area contributed by atoms with Crippen LogP contribution < -0.4 is 5.32 Å². The average Bonchev–Trinajstić information content (AvgIpc) is 2.39. The molecule has 0 radical (unpaired) electrons. The second-order valence-corrected chi connectivity index (χ2v) is 5.57. The Morgan fingerprint density at radius 1 is 1.21 bits per heavy atom. The molecular formula is C15H12BrClN2. The predicted molar refractivity (Wildman–Crippen MR) is 82.3 cm³/mol. The Bertz CT molecular complexity index is 617. The van der Waals surface area contributed by atoms with E-state index in [0.717, 1.165) is 21.3 Å². The Morgan fingerprint density at radius 3 is 2.47 bits per heavy atom. The first-order valence-corrected chi connectivity index (χ1v) is 6.95. The minimum Gasteiger partial charge on any atom is -0.366 e. The number of nitrogens with one attached hydrogen (secondary N) is 1. The van der Waals surface area contributed by atoms with E-state index in [1.165, 1.54) is 0 Å². The molecule has 2 aromatic rings. The van der Waals surface area contributed by atoms with Crippen molar-refractivity contribution < 1.29 is 0 Å². The smallest absolute Gasteiger partial charge is 0.140 e. The monoisotopic (exact) mass is 334 g/mol. The lowest BCUT2D eigenvalue weighted by Crippen LogP contribution is -2.09. The first-order valence-electron chi connectivity index (χ1n) is 5.78. The molecule has 0 aliphatic rings. The van der Waals surface area contributed by atoms with Crippen LogP contribution in [0, 0.1) is 18.3 Å². The van der Waals surface area contributed by atoms with Crippen LogP contribution in [0.3, 0.4) is 0 Å². The highest BCUT2D eigenvalue weighted by Gasteiger charge is 2.13. The van der Waals surface area contributed by atoms with Gasteiger partial charge in [-0.3, -0.25) is 0 Å². The topological polar surface area (TPSA) is 35.8 Å². The molecule has 0 aliphatic heterocycles. The van der Waals surface area contributed by atoms with Gasteiger partial charge in [-0.25, -0.2) is 0 Å². The van der Waals surface area contributed by atoms with E-state index in [4.69, 9.17) is 11.6 Å². The molecule has 1 N–H and O–H groups in total. The van der Waals surface area contributed by atoms with Crippen molar-refractivity contribution in [3.05, 3.63) is 63.1 Å². The van der Waals surface area contributed by atoms with Crippen LogP contribution in [-0.4, -0.2) is 0 Å². The first-order chi connectivity index (χ1) is 9.10. The van der Waals surface area contributed by atoms with Crippen molar-refractivity contribution in [1.82, 2.24) is 0 Å². The number of hydrogen-bond donors (Lipinski definition) is 1. The largest absolute Gasteiger partial charge is 0.366 e. The molecular weight excluding hydrogens is 324 g/mol. The maximum absolute atomic E-state index is 9.33. The van der Waals surface area contributed by atoms with Gasteiger partial charge in [0.25, 0.3) is 0 Å². The molecule has 0 amide bonds. The van der Waals surface area contributed by atoms with Crippen LogP contribution in [0.15, 0.2) is 46.9 Å². The predicted octanol–water partition coefficient (Wildman–Crippen LogP) is 5.09. The summed E-state index contributed by atoms with van der Waals surface area (Å²) >= 11 is 9.32. The number of benzene rings is 2. The van der Waals surface area contributed by atoms with Crippen molar-refractivity contribution in [3.63, 3.8) is 0 Å². The lowest BCUT2D eigenvalue weighted by Gasteiger charge is -2.15. The average molecular weight is 336 g/mol. The van der Waals surface area contributed by atoms with Gasteiger partial charge in [0.15, 0.2) is 0 Å². The second-order valence-electron chi connectivity index (χ2n) is 4.21. The van der Waals surface area contributed by atoms with Gasteiger partial charge in [0.05, 0.1) is 6.07 Å². The molecule has 0 fully saturated rings. The molecule has 2 nitrogen and oxygen atoms in total. The zero-order chi connectivity index (χ0) is 13.8. The van der Waals surface area contributed by atoms with Gasteiger partial charge in [-0.05, 0) is 54.4 Å². The molecule has 0 spiro atoms. The summed E-state index contributed by atoms with van der Waals surface area (Å²) < 4.78 is 1.01. The minimum atomic E-state index is -0.390. The lowest BCUT2D eigenvalue weighted by atomic mass is 10.0. The Balaban J connectivity index is 2.25. The van der Waals surface area contributed by atoms with Crippen molar-refractivity contribution in [3.8, 4) is 6.07 Å². The van der Waals surface area contributed by atoms with Gasteiger partial charge in [-0.2, -0.15) is 5.26 Å². The van der Waals surface area contributed by atoms with Gasteiger partial charge in [0, 0.05) is 15.2 Å². The van der Waals surface area contributed by atoms with Crippen LogP contribution in [0.5, 0.6) is 0 Å². The highest BCUT2D eigenvalue weighted by Crippen LogP contribution is 2.25. The van der Waals surface area contributed by atoms with Gasteiger partial charge >= 0.3 is 0 Å². The van der Waals surface area contributed by atoms with E-state index in [1.54, 1.807) is 6.07 Å². The standard InChI is InChI=1S/C15H12BrClN2/c1-10-8-12(17)4-7-14(10)15(9-18)19-13-5-2-11(16)3-6-13/h2-8,15,19H,1H3. The van der Waals surface area contributed by atoms with Crippen LogP contribution in [0.2, 0.25) is 5.02 Å². The van der Waals surface area contributed by atoms with Gasteiger partial charge < -0.3 is 5.32 Å². The van der Waals surface area contributed by atoms with E-state index in [9.17, 15) is 5.26 Å². The minimum absolute atomic E-state index is 0.390. The SMILES string of the molecule is Cc1cc(Cl)ccc1C(C#N)Nc1ccc(Br)cc1. The Morgan fingerprint density at radius 2 is 1.89 bits per heavy atom. The van der Waals surface area contributed by atoms with Crippen LogP contribution in [0.4, 0.5) is 5.69 Å². The van der Waals surface area contributed by atoms with Crippen molar-refractivity contribution in [1.29, 1.82) is 5.26 Å². The number of aryl methyl sites for hydroxylation is 1. The fourth-order valence-electron chi connectivity index (χ4n) is 1.86. The molecule has 0 heterocycles. The highest BCUT2D eigenvalue weighted by molar-refractivity contribution is 9.10. The van der Waals surface area contributed by atoms with Crippen LogP contribution >= 0.6 is 27.5 Å². The molecule has 19 heavy (non-hydrogen) atoms. The highest BCUT2D eigenvalue weighted by atomic mass is 79.9. The molecule has 0 aliphatic carbocycles. The molecule has 0 saturated carbocycles. The first kappa shape index (κ1) is 13.9. The van der Waals surface area contributed by atoms with E-state index in [-0.39, 0.29) is 0 Å². The lowest BCUT2D eigenvalue weighted by molar-refractivity contribution is 0.982. The fourth-order valence-corrected chi connectivity index (χ4v) is 2.35. The van der Waals surface area contributed by atoms with Gasteiger partial charge in [0.1, 0.15) is 6.04 Å². The Labute approximate surface area is 126 Å². The molecule has 96 valence electrons. The summed E-state index contributed by atoms with van der Waals surface area (Å²) in [4.78, 5) is 0. The molecule has 1 unspecified atom stereocenters. The van der Waals surface area contributed by atoms with Crippen LogP contribution in [-0.2, 0) is 0 Å². The van der Waals surface area contributed by atoms with E-state index in [0.29, 0.717) is 5.02 Å². The maximum Gasteiger partial charge on any atom is 0.140 e. The fraction of sp³-hybridized carbons (Fsp3) is 0.133. The summed E-state index contributed by atoms with van der Waals surface area (Å²) in [6.45, 7) is 1.95. The van der Waals surface area contributed by atoms with Gasteiger partial charge in [0.2, 0.25) is 0 Å². The van der Waals surface area contributed by atoms with E-state index in [2.05, 4.69) is 27.3 Å². The molecule has 4 heteroatoms. The Kier molecular flexibility index (Phi) is 4.47. The third-order valence-electron chi connectivity index (χ3n) is 2.83. The zero-order valence-electron chi connectivity index (χ0n) is 10.3. The van der Waals surface area contributed by atoms with Gasteiger partial charge in [-0.1, -0.05) is 33.6 Å². The summed E-state index contributed by atoms with van der Waals surface area (Å²) in [5.74, 6) is 0. The summed E-state index contributed by atoms with van der Waals surface area (Å²) in [5.41, 5.74) is 2.85. The zero-order valence-corrected chi connectivity index (χ0v) is 12.7. The van der Waals surface area contributed by atoms with Crippen molar-refractivity contribution in [2.75, 3.05) is 5.32 Å². The number of hydrogen-bond acceptors (Lipinski definition) is 2. The van der Waals surface area contributed by atoms with Gasteiger partial charge in [-0.15, -0.1) is 0 Å². The molecule has 0 bridgehead atoms. The number of nitriles is 1. The molecule has 1 atom stereocenters. The van der Waals surface area contributed by atoms with E-state index in [1.807, 2.05) is 43.3 Å². The van der Waals surface area contributed by atoms with E-state index >= 15 is 0 Å². The Hall–Kier alpha value is -1.50. The third-order valence-corrected chi connectivity index (χ3v) is 3.59. The summed E-state index contributed by atoms with van der Waals surface area (Å²) in [6, 6.07) is 15.2. The normalized spacial score (nSPS) is 11.7. The van der Waals surface area contributed by atoms with Crippen molar-refractivity contribution in [2.45, 2.75) is 13.0 Å². The van der Waals surface area contributed by atoms with Crippen molar-refractivity contribution in [2.24, 2.45) is 0 Å². The second kappa shape index (κ2) is 6.10. The molecule has 2 aromatic carbocycles. The van der Waals surface area contributed by atoms with Crippen LogP contribution in [0.25, 0.3) is 0 Å². The molecule has 0 aromatic heterocycles.